The maximum Gasteiger partial charge on any atom is 0.0316 e. The van der Waals surface area contributed by atoms with E-state index in [0.717, 1.165) is 12.1 Å². The first-order valence-electron chi connectivity index (χ1n) is 5.03. The Morgan fingerprint density at radius 1 is 1.36 bits per heavy atom. The average molecular weight is 192 g/mol. The van der Waals surface area contributed by atoms with E-state index in [1.807, 2.05) is 25.1 Å². The molecule has 1 aromatic carbocycles. The van der Waals surface area contributed by atoms with Gasteiger partial charge in [0.15, 0.2) is 0 Å². The molecule has 0 heterocycles. The van der Waals surface area contributed by atoms with Crippen LogP contribution in [0.25, 0.3) is 0 Å². The maximum absolute atomic E-state index is 5.82. The van der Waals surface area contributed by atoms with E-state index in [-0.39, 0.29) is 11.5 Å². The zero-order chi connectivity index (χ0) is 10.8. The van der Waals surface area contributed by atoms with Crippen molar-refractivity contribution in [2.45, 2.75) is 38.6 Å². The van der Waals surface area contributed by atoms with Gasteiger partial charge < -0.3 is 11.5 Å². The topological polar surface area (TPSA) is 52.0 Å². The molecule has 0 aliphatic carbocycles. The Morgan fingerprint density at radius 3 is 2.50 bits per heavy atom. The van der Waals surface area contributed by atoms with Crippen LogP contribution < -0.4 is 11.5 Å². The second kappa shape index (κ2) is 4.01. The van der Waals surface area contributed by atoms with Crippen molar-refractivity contribution >= 4 is 5.69 Å². The van der Waals surface area contributed by atoms with Crippen molar-refractivity contribution in [2.75, 3.05) is 5.73 Å². The van der Waals surface area contributed by atoms with Crippen molar-refractivity contribution in [3.63, 3.8) is 0 Å². The fourth-order valence-corrected chi connectivity index (χ4v) is 1.88. The number of hydrogen-bond acceptors (Lipinski definition) is 2. The Bertz CT molecular complexity index is 303. The van der Waals surface area contributed by atoms with Crippen LogP contribution >= 0.6 is 0 Å². The lowest BCUT2D eigenvalue weighted by atomic mass is 9.79. The van der Waals surface area contributed by atoms with Gasteiger partial charge in [-0.3, -0.25) is 0 Å². The summed E-state index contributed by atoms with van der Waals surface area (Å²) in [5.41, 5.74) is 13.8. The smallest absolute Gasteiger partial charge is 0.0316 e. The normalized spacial score (nSPS) is 14.0. The van der Waals surface area contributed by atoms with E-state index >= 15 is 0 Å². The van der Waals surface area contributed by atoms with Crippen molar-refractivity contribution < 1.29 is 0 Å². The highest BCUT2D eigenvalue weighted by Gasteiger charge is 2.21. The van der Waals surface area contributed by atoms with Crippen LogP contribution in [-0.2, 0) is 5.41 Å². The van der Waals surface area contributed by atoms with Gasteiger partial charge in [0.1, 0.15) is 0 Å². The molecule has 0 saturated carbocycles. The molecule has 0 amide bonds. The average Bonchev–Trinajstić information content (AvgIpc) is 2.01. The molecule has 4 N–H and O–H groups in total. The molecular formula is C12H20N2. The molecule has 78 valence electrons. The van der Waals surface area contributed by atoms with Crippen LogP contribution in [0.15, 0.2) is 24.3 Å². The molecule has 14 heavy (non-hydrogen) atoms. The Hall–Kier alpha value is -1.02. The lowest BCUT2D eigenvalue weighted by Gasteiger charge is -2.27. The van der Waals surface area contributed by atoms with Crippen molar-refractivity contribution in [2.24, 2.45) is 5.73 Å². The number of benzene rings is 1. The number of rotatable bonds is 3. The lowest BCUT2D eigenvalue weighted by Crippen LogP contribution is -2.28. The summed E-state index contributed by atoms with van der Waals surface area (Å²) >= 11 is 0. The first kappa shape index (κ1) is 11.1. The summed E-state index contributed by atoms with van der Waals surface area (Å²) < 4.78 is 0. The summed E-state index contributed by atoms with van der Waals surface area (Å²) in [6.07, 6.45) is 0.969. The van der Waals surface area contributed by atoms with E-state index in [2.05, 4.69) is 19.9 Å². The molecular weight excluding hydrogens is 172 g/mol. The SMILES string of the molecule is CC(N)CC(C)(C)c1cccc(N)c1. The third-order valence-electron chi connectivity index (χ3n) is 2.50. The number of nitrogen functional groups attached to an aromatic ring is 1. The first-order valence-corrected chi connectivity index (χ1v) is 5.03. The fourth-order valence-electron chi connectivity index (χ4n) is 1.88. The highest BCUT2D eigenvalue weighted by Crippen LogP contribution is 2.28. The monoisotopic (exact) mass is 192 g/mol. The minimum absolute atomic E-state index is 0.101. The van der Waals surface area contributed by atoms with Gasteiger partial charge in [-0.05, 0) is 36.5 Å². The van der Waals surface area contributed by atoms with E-state index in [1.165, 1.54) is 5.56 Å². The minimum atomic E-state index is 0.101. The van der Waals surface area contributed by atoms with Crippen LogP contribution in [0.3, 0.4) is 0 Å². The van der Waals surface area contributed by atoms with Gasteiger partial charge in [-0.1, -0.05) is 26.0 Å². The molecule has 1 atom stereocenters. The van der Waals surface area contributed by atoms with Gasteiger partial charge in [-0.25, -0.2) is 0 Å². The Labute approximate surface area is 86.3 Å². The van der Waals surface area contributed by atoms with Gasteiger partial charge in [0, 0.05) is 11.7 Å². The molecule has 2 heteroatoms. The minimum Gasteiger partial charge on any atom is -0.399 e. The third kappa shape index (κ3) is 2.74. The Morgan fingerprint density at radius 2 is 2.00 bits per heavy atom. The van der Waals surface area contributed by atoms with Crippen molar-refractivity contribution in [3.8, 4) is 0 Å². The molecule has 0 saturated heterocycles. The van der Waals surface area contributed by atoms with Crippen LogP contribution in [0.2, 0.25) is 0 Å². The Balaban J connectivity index is 2.91. The zero-order valence-corrected chi connectivity index (χ0v) is 9.25. The van der Waals surface area contributed by atoms with E-state index in [1.54, 1.807) is 0 Å². The van der Waals surface area contributed by atoms with Gasteiger partial charge in [0.2, 0.25) is 0 Å². The molecule has 0 radical (unpaired) electrons. The summed E-state index contributed by atoms with van der Waals surface area (Å²) in [6.45, 7) is 6.43. The molecule has 0 aliphatic rings. The summed E-state index contributed by atoms with van der Waals surface area (Å²) in [6, 6.07) is 8.26. The second-order valence-corrected chi connectivity index (χ2v) is 4.69. The number of anilines is 1. The van der Waals surface area contributed by atoms with E-state index in [4.69, 9.17) is 11.5 Å². The van der Waals surface area contributed by atoms with Crippen molar-refractivity contribution in [1.29, 1.82) is 0 Å². The molecule has 1 unspecified atom stereocenters. The number of hydrogen-bond donors (Lipinski definition) is 2. The summed E-state index contributed by atoms with van der Waals surface area (Å²) in [4.78, 5) is 0. The molecule has 2 nitrogen and oxygen atoms in total. The molecule has 0 spiro atoms. The molecule has 1 aromatic rings. The van der Waals surface area contributed by atoms with Crippen LogP contribution in [0.1, 0.15) is 32.8 Å². The van der Waals surface area contributed by atoms with Gasteiger partial charge in [-0.15, -0.1) is 0 Å². The van der Waals surface area contributed by atoms with Crippen molar-refractivity contribution in [1.82, 2.24) is 0 Å². The zero-order valence-electron chi connectivity index (χ0n) is 9.25. The summed E-state index contributed by atoms with van der Waals surface area (Å²) in [5, 5.41) is 0. The van der Waals surface area contributed by atoms with Gasteiger partial charge in [-0.2, -0.15) is 0 Å². The van der Waals surface area contributed by atoms with Crippen LogP contribution in [0, 0.1) is 0 Å². The van der Waals surface area contributed by atoms with E-state index in [9.17, 15) is 0 Å². The lowest BCUT2D eigenvalue weighted by molar-refractivity contribution is 0.437. The maximum atomic E-state index is 5.82. The van der Waals surface area contributed by atoms with Gasteiger partial charge in [0.25, 0.3) is 0 Å². The molecule has 1 rings (SSSR count). The predicted molar refractivity (Wildman–Crippen MR) is 62.1 cm³/mol. The highest BCUT2D eigenvalue weighted by atomic mass is 14.6. The van der Waals surface area contributed by atoms with Crippen LogP contribution in [0.4, 0.5) is 5.69 Å². The molecule has 0 aromatic heterocycles. The molecule has 0 bridgehead atoms. The van der Waals surface area contributed by atoms with E-state index in [0.29, 0.717) is 0 Å². The molecule has 0 fully saturated rings. The van der Waals surface area contributed by atoms with Gasteiger partial charge in [0.05, 0.1) is 0 Å². The standard InChI is InChI=1S/C12H20N2/c1-9(13)8-12(2,3)10-5-4-6-11(14)7-10/h4-7,9H,8,13-14H2,1-3H3. The largest absolute Gasteiger partial charge is 0.399 e. The summed E-state index contributed by atoms with van der Waals surface area (Å²) in [7, 11) is 0. The van der Waals surface area contributed by atoms with E-state index < -0.39 is 0 Å². The van der Waals surface area contributed by atoms with Crippen LogP contribution in [-0.4, -0.2) is 6.04 Å². The van der Waals surface area contributed by atoms with Crippen LogP contribution in [0.5, 0.6) is 0 Å². The number of nitrogens with two attached hydrogens (primary N) is 2. The Kier molecular flexibility index (Phi) is 3.17. The first-order chi connectivity index (χ1) is 6.42. The highest BCUT2D eigenvalue weighted by molar-refractivity contribution is 5.43. The van der Waals surface area contributed by atoms with Gasteiger partial charge >= 0.3 is 0 Å². The molecule has 0 aliphatic heterocycles. The van der Waals surface area contributed by atoms with Crippen molar-refractivity contribution in [3.05, 3.63) is 29.8 Å². The summed E-state index contributed by atoms with van der Waals surface area (Å²) in [5.74, 6) is 0. The quantitative estimate of drug-likeness (QED) is 0.722. The third-order valence-corrected chi connectivity index (χ3v) is 2.50. The fraction of sp³-hybridized carbons (Fsp3) is 0.500. The second-order valence-electron chi connectivity index (χ2n) is 4.69. The predicted octanol–water partition coefficient (Wildman–Crippen LogP) is 2.28.